The Kier molecular flexibility index (Phi) is 4.19. The molecule has 0 amide bonds. The molecule has 1 aromatic heterocycles. The van der Waals surface area contributed by atoms with Gasteiger partial charge < -0.3 is 0 Å². The number of hydrogen-bond donors (Lipinski definition) is 0. The summed E-state index contributed by atoms with van der Waals surface area (Å²) in [7, 11) is 0. The first-order chi connectivity index (χ1) is 9.83. The maximum absolute atomic E-state index is 4.31. The maximum Gasteiger partial charge on any atom is 0.150 e. The van der Waals surface area contributed by atoms with Gasteiger partial charge in [-0.1, -0.05) is 60.3 Å². The highest BCUT2D eigenvalue weighted by atomic mass is 32.2. The first-order valence-corrected chi connectivity index (χ1v) is 8.37. The molecule has 2 aromatic carbocycles. The maximum atomic E-state index is 4.31. The molecule has 0 aliphatic heterocycles. The molecule has 0 saturated heterocycles. The summed E-state index contributed by atoms with van der Waals surface area (Å²) in [4.78, 5) is 4.31. The van der Waals surface area contributed by atoms with Crippen LogP contribution < -0.4 is 0 Å². The van der Waals surface area contributed by atoms with Crippen LogP contribution >= 0.6 is 23.1 Å². The molecule has 0 bridgehead atoms. The summed E-state index contributed by atoms with van der Waals surface area (Å²) >= 11 is 3.50. The lowest BCUT2D eigenvalue weighted by Gasteiger charge is -2.09. The SMILES string of the molecule is Cc1ccc(CSc2nccs2)cc1-c1ccccc1. The van der Waals surface area contributed by atoms with E-state index >= 15 is 0 Å². The summed E-state index contributed by atoms with van der Waals surface area (Å²) in [5.41, 5.74) is 5.27. The standard InChI is InChI=1S/C17H15NS2/c1-13-7-8-14(12-20-17-18-9-10-19-17)11-16(13)15-5-3-2-4-6-15/h2-11H,12H2,1H3. The van der Waals surface area contributed by atoms with Crippen LogP contribution in [-0.2, 0) is 5.75 Å². The average Bonchev–Trinajstić information content (AvgIpc) is 3.01. The van der Waals surface area contributed by atoms with Crippen LogP contribution in [0.5, 0.6) is 0 Å². The molecular formula is C17H15NS2. The Balaban J connectivity index is 1.83. The van der Waals surface area contributed by atoms with Gasteiger partial charge in [-0.25, -0.2) is 4.98 Å². The van der Waals surface area contributed by atoms with Crippen LogP contribution in [-0.4, -0.2) is 4.98 Å². The first kappa shape index (κ1) is 13.4. The van der Waals surface area contributed by atoms with Crippen molar-refractivity contribution < 1.29 is 0 Å². The van der Waals surface area contributed by atoms with E-state index in [4.69, 9.17) is 0 Å². The highest BCUT2D eigenvalue weighted by Gasteiger charge is 2.04. The summed E-state index contributed by atoms with van der Waals surface area (Å²) in [6, 6.07) is 17.3. The van der Waals surface area contributed by atoms with Gasteiger partial charge >= 0.3 is 0 Å². The number of nitrogens with zero attached hydrogens (tertiary/aromatic N) is 1. The normalized spacial score (nSPS) is 10.7. The second kappa shape index (κ2) is 6.25. The third-order valence-corrected chi connectivity index (χ3v) is 5.20. The molecule has 0 saturated carbocycles. The zero-order valence-corrected chi connectivity index (χ0v) is 12.9. The van der Waals surface area contributed by atoms with E-state index in [-0.39, 0.29) is 0 Å². The van der Waals surface area contributed by atoms with E-state index in [0.29, 0.717) is 0 Å². The minimum Gasteiger partial charge on any atom is -0.238 e. The average molecular weight is 297 g/mol. The van der Waals surface area contributed by atoms with Gasteiger partial charge in [-0.2, -0.15) is 0 Å². The van der Waals surface area contributed by atoms with Crippen molar-refractivity contribution in [1.82, 2.24) is 4.98 Å². The third kappa shape index (κ3) is 3.11. The molecule has 0 radical (unpaired) electrons. The summed E-state index contributed by atoms with van der Waals surface area (Å²) in [6.07, 6.45) is 1.86. The van der Waals surface area contributed by atoms with Crippen LogP contribution in [0.1, 0.15) is 11.1 Å². The number of hydrogen-bond acceptors (Lipinski definition) is 3. The van der Waals surface area contributed by atoms with Crippen molar-refractivity contribution in [3.05, 3.63) is 71.2 Å². The van der Waals surface area contributed by atoms with E-state index in [0.717, 1.165) is 10.1 Å². The van der Waals surface area contributed by atoms with Gasteiger partial charge in [0, 0.05) is 17.3 Å². The smallest absolute Gasteiger partial charge is 0.150 e. The van der Waals surface area contributed by atoms with E-state index in [1.807, 2.05) is 11.6 Å². The Bertz CT molecular complexity index is 675. The summed E-state index contributed by atoms with van der Waals surface area (Å²) < 4.78 is 1.13. The minimum atomic E-state index is 0.966. The van der Waals surface area contributed by atoms with Crippen LogP contribution in [0, 0.1) is 6.92 Å². The Morgan fingerprint density at radius 2 is 1.95 bits per heavy atom. The van der Waals surface area contributed by atoms with Crippen molar-refractivity contribution in [3.63, 3.8) is 0 Å². The van der Waals surface area contributed by atoms with E-state index in [2.05, 4.69) is 60.4 Å². The molecule has 1 nitrogen and oxygen atoms in total. The van der Waals surface area contributed by atoms with Crippen molar-refractivity contribution in [3.8, 4) is 11.1 Å². The lowest BCUT2D eigenvalue weighted by Crippen LogP contribution is -1.87. The summed E-state index contributed by atoms with van der Waals surface area (Å²) in [5.74, 6) is 0.966. The Labute approximate surface area is 127 Å². The molecule has 0 aliphatic rings. The Morgan fingerprint density at radius 1 is 1.10 bits per heavy atom. The number of benzene rings is 2. The fourth-order valence-electron chi connectivity index (χ4n) is 2.11. The van der Waals surface area contributed by atoms with Gasteiger partial charge in [0.25, 0.3) is 0 Å². The van der Waals surface area contributed by atoms with E-state index in [1.54, 1.807) is 23.1 Å². The fourth-order valence-corrected chi connectivity index (χ4v) is 3.69. The van der Waals surface area contributed by atoms with E-state index in [9.17, 15) is 0 Å². The largest absolute Gasteiger partial charge is 0.238 e. The Morgan fingerprint density at radius 3 is 2.70 bits per heavy atom. The predicted molar refractivity (Wildman–Crippen MR) is 88.3 cm³/mol. The topological polar surface area (TPSA) is 12.9 Å². The van der Waals surface area contributed by atoms with Crippen LogP contribution in [0.4, 0.5) is 0 Å². The highest BCUT2D eigenvalue weighted by Crippen LogP contribution is 2.29. The fraction of sp³-hybridized carbons (Fsp3) is 0.118. The minimum absolute atomic E-state index is 0.966. The van der Waals surface area contributed by atoms with Gasteiger partial charge in [0.15, 0.2) is 0 Å². The van der Waals surface area contributed by atoms with Crippen LogP contribution in [0.3, 0.4) is 0 Å². The van der Waals surface area contributed by atoms with Crippen molar-refractivity contribution in [2.75, 3.05) is 0 Å². The summed E-state index contributed by atoms with van der Waals surface area (Å²) in [6.45, 7) is 2.17. The van der Waals surface area contributed by atoms with E-state index in [1.165, 1.54) is 22.3 Å². The molecule has 0 atom stereocenters. The second-order valence-electron chi connectivity index (χ2n) is 4.60. The molecule has 20 heavy (non-hydrogen) atoms. The van der Waals surface area contributed by atoms with Gasteiger partial charge in [-0.05, 0) is 29.2 Å². The van der Waals surface area contributed by atoms with Crippen molar-refractivity contribution in [2.24, 2.45) is 0 Å². The van der Waals surface area contributed by atoms with Gasteiger partial charge in [0.1, 0.15) is 4.34 Å². The lowest BCUT2D eigenvalue weighted by atomic mass is 9.99. The lowest BCUT2D eigenvalue weighted by molar-refractivity contribution is 1.24. The molecule has 0 aliphatic carbocycles. The predicted octanol–water partition coefficient (Wildman–Crippen LogP) is 5.41. The molecule has 100 valence electrons. The molecule has 1 heterocycles. The van der Waals surface area contributed by atoms with Crippen LogP contribution in [0.2, 0.25) is 0 Å². The molecule has 0 spiro atoms. The molecule has 3 aromatic rings. The first-order valence-electron chi connectivity index (χ1n) is 6.50. The number of thioether (sulfide) groups is 1. The quantitative estimate of drug-likeness (QED) is 0.597. The van der Waals surface area contributed by atoms with Crippen molar-refractivity contribution in [2.45, 2.75) is 17.0 Å². The zero-order valence-electron chi connectivity index (χ0n) is 11.2. The van der Waals surface area contributed by atoms with Gasteiger partial charge in [0.2, 0.25) is 0 Å². The van der Waals surface area contributed by atoms with Crippen LogP contribution in [0.15, 0.2) is 64.4 Å². The molecule has 3 heteroatoms. The number of rotatable bonds is 4. The molecule has 3 rings (SSSR count). The van der Waals surface area contributed by atoms with Gasteiger partial charge in [-0.3, -0.25) is 0 Å². The number of aryl methyl sites for hydroxylation is 1. The molecular weight excluding hydrogens is 282 g/mol. The van der Waals surface area contributed by atoms with Crippen molar-refractivity contribution in [1.29, 1.82) is 0 Å². The monoisotopic (exact) mass is 297 g/mol. The van der Waals surface area contributed by atoms with Gasteiger partial charge in [-0.15, -0.1) is 11.3 Å². The third-order valence-electron chi connectivity index (χ3n) is 3.16. The molecule has 0 fully saturated rings. The Hall–Kier alpha value is -1.58. The van der Waals surface area contributed by atoms with Crippen LogP contribution in [0.25, 0.3) is 11.1 Å². The van der Waals surface area contributed by atoms with Crippen molar-refractivity contribution >= 4 is 23.1 Å². The van der Waals surface area contributed by atoms with Gasteiger partial charge in [0.05, 0.1) is 0 Å². The highest BCUT2D eigenvalue weighted by molar-refractivity contribution is 8.00. The second-order valence-corrected chi connectivity index (χ2v) is 6.72. The summed E-state index contributed by atoms with van der Waals surface area (Å²) in [5, 5.41) is 2.02. The zero-order chi connectivity index (χ0) is 13.8. The molecule has 0 N–H and O–H groups in total. The number of thiazole rings is 1. The molecule has 0 unspecified atom stereocenters. The number of aromatic nitrogens is 1. The van der Waals surface area contributed by atoms with E-state index < -0.39 is 0 Å².